The second kappa shape index (κ2) is 7.37. The predicted molar refractivity (Wildman–Crippen MR) is 75.4 cm³/mol. The lowest BCUT2D eigenvalue weighted by Gasteiger charge is -2.07. The summed E-state index contributed by atoms with van der Waals surface area (Å²) in [6.45, 7) is 1.64. The van der Waals surface area contributed by atoms with E-state index in [1.54, 1.807) is 0 Å². The third kappa shape index (κ3) is 4.92. The fourth-order valence-electron chi connectivity index (χ4n) is 1.40. The fraction of sp³-hybridized carbons (Fsp3) is 0.333. The van der Waals surface area contributed by atoms with Crippen LogP contribution in [-0.2, 0) is 14.8 Å². The molecule has 0 spiro atoms. The molecule has 1 aromatic rings. The zero-order valence-corrected chi connectivity index (χ0v) is 12.4. The van der Waals surface area contributed by atoms with Crippen molar-refractivity contribution in [3.8, 4) is 0 Å². The molecule has 110 valence electrons. The van der Waals surface area contributed by atoms with Gasteiger partial charge in [-0.1, -0.05) is 12.1 Å². The van der Waals surface area contributed by atoms with Crippen molar-refractivity contribution in [1.82, 2.24) is 10.0 Å². The Hall–Kier alpha value is -1.44. The average Bonchev–Trinajstić information content (AvgIpc) is 2.43. The smallest absolute Gasteiger partial charge is 0.240 e. The van der Waals surface area contributed by atoms with Crippen molar-refractivity contribution in [2.75, 3.05) is 19.0 Å². The molecule has 0 aliphatic heterocycles. The van der Waals surface area contributed by atoms with E-state index >= 15 is 0 Å². The van der Waals surface area contributed by atoms with E-state index in [-0.39, 0.29) is 35.6 Å². The molecule has 0 unspecified atom stereocenters. The van der Waals surface area contributed by atoms with Crippen molar-refractivity contribution >= 4 is 33.3 Å². The Morgan fingerprint density at radius 3 is 2.25 bits per heavy atom. The topological polar surface area (TPSA) is 92.3 Å². The number of amides is 1. The number of rotatable bonds is 7. The van der Waals surface area contributed by atoms with Crippen LogP contribution in [0.5, 0.6) is 0 Å². The van der Waals surface area contributed by atoms with Gasteiger partial charge in [0.05, 0.1) is 10.8 Å². The van der Waals surface area contributed by atoms with E-state index in [4.69, 9.17) is 11.6 Å². The quantitative estimate of drug-likeness (QED) is 0.435. The molecule has 0 fully saturated rings. The minimum absolute atomic E-state index is 0.0476. The summed E-state index contributed by atoms with van der Waals surface area (Å²) in [4.78, 5) is 22.0. The Bertz CT molecular complexity index is 584. The molecule has 0 aliphatic rings. The van der Waals surface area contributed by atoms with Crippen molar-refractivity contribution in [3.63, 3.8) is 0 Å². The number of ketones is 1. The molecule has 1 aromatic carbocycles. The summed E-state index contributed by atoms with van der Waals surface area (Å²) in [6, 6.07) is 5.49. The highest BCUT2D eigenvalue weighted by Gasteiger charge is 2.14. The molecule has 0 radical (unpaired) electrons. The number of carbonyl (C=O) groups excluding carboxylic acids is 2. The van der Waals surface area contributed by atoms with Crippen LogP contribution >= 0.6 is 11.6 Å². The zero-order chi connectivity index (χ0) is 15.2. The first-order valence-corrected chi connectivity index (χ1v) is 7.82. The van der Waals surface area contributed by atoms with Gasteiger partial charge >= 0.3 is 0 Å². The van der Waals surface area contributed by atoms with Crippen molar-refractivity contribution in [3.05, 3.63) is 29.8 Å². The van der Waals surface area contributed by atoms with Gasteiger partial charge in [0.15, 0.2) is 5.78 Å². The molecule has 1 amide bonds. The largest absolute Gasteiger partial charge is 0.355 e. The highest BCUT2D eigenvalue weighted by atomic mass is 35.5. The van der Waals surface area contributed by atoms with Crippen molar-refractivity contribution in [2.45, 2.75) is 11.8 Å². The first-order chi connectivity index (χ1) is 9.36. The first kappa shape index (κ1) is 16.6. The third-order valence-electron chi connectivity index (χ3n) is 2.40. The fourth-order valence-corrected chi connectivity index (χ4v) is 2.59. The van der Waals surface area contributed by atoms with E-state index in [9.17, 15) is 18.0 Å². The Kier molecular flexibility index (Phi) is 6.12. The van der Waals surface area contributed by atoms with Crippen LogP contribution in [0.2, 0.25) is 0 Å². The second-order valence-corrected chi connectivity index (χ2v) is 6.00. The molecule has 0 aromatic heterocycles. The van der Waals surface area contributed by atoms with Gasteiger partial charge in [0.2, 0.25) is 15.9 Å². The van der Waals surface area contributed by atoms with Gasteiger partial charge in [0, 0.05) is 25.6 Å². The molecular formula is C12H15ClN2O4S. The van der Waals surface area contributed by atoms with E-state index in [2.05, 4.69) is 10.0 Å². The molecule has 1 rings (SSSR count). The van der Waals surface area contributed by atoms with Gasteiger partial charge < -0.3 is 5.32 Å². The van der Waals surface area contributed by atoms with Crippen molar-refractivity contribution < 1.29 is 18.0 Å². The number of alkyl halides is 1. The standard InChI is InChI=1S/C12H15ClN2O4S/c1-9(16)14-6-7-15-20(18,19)11-4-2-10(3-5-11)12(17)8-13/h2-5,15H,6-8H2,1H3,(H,14,16). The van der Waals surface area contributed by atoms with Crippen LogP contribution in [0.4, 0.5) is 0 Å². The number of hydrogen-bond donors (Lipinski definition) is 2. The molecule has 0 bridgehead atoms. The Labute approximate surface area is 122 Å². The number of carbonyl (C=O) groups is 2. The maximum absolute atomic E-state index is 11.9. The van der Waals surface area contributed by atoms with Gasteiger partial charge in [-0.25, -0.2) is 13.1 Å². The van der Waals surface area contributed by atoms with E-state index in [0.29, 0.717) is 5.56 Å². The summed E-state index contributed by atoms with van der Waals surface area (Å²) < 4.78 is 26.1. The van der Waals surface area contributed by atoms with Crippen LogP contribution < -0.4 is 10.0 Å². The normalized spacial score (nSPS) is 11.1. The Morgan fingerprint density at radius 1 is 1.15 bits per heavy atom. The monoisotopic (exact) mass is 318 g/mol. The summed E-state index contributed by atoms with van der Waals surface area (Å²) in [5.41, 5.74) is 0.359. The van der Waals surface area contributed by atoms with Crippen LogP contribution in [0.15, 0.2) is 29.2 Å². The van der Waals surface area contributed by atoms with Gasteiger partial charge in [0.25, 0.3) is 0 Å². The Morgan fingerprint density at radius 2 is 1.75 bits per heavy atom. The molecule has 0 saturated heterocycles. The van der Waals surface area contributed by atoms with E-state index < -0.39 is 10.0 Å². The van der Waals surface area contributed by atoms with Crippen LogP contribution in [0.1, 0.15) is 17.3 Å². The highest BCUT2D eigenvalue weighted by molar-refractivity contribution is 7.89. The van der Waals surface area contributed by atoms with Gasteiger partial charge in [-0.15, -0.1) is 11.6 Å². The molecule has 2 N–H and O–H groups in total. The minimum atomic E-state index is -3.65. The zero-order valence-electron chi connectivity index (χ0n) is 10.8. The van der Waals surface area contributed by atoms with Crippen LogP contribution in [0.25, 0.3) is 0 Å². The first-order valence-electron chi connectivity index (χ1n) is 5.80. The third-order valence-corrected chi connectivity index (χ3v) is 4.12. The Balaban J connectivity index is 2.68. The van der Waals surface area contributed by atoms with Gasteiger partial charge in [-0.3, -0.25) is 9.59 Å². The number of nitrogens with one attached hydrogen (secondary N) is 2. The molecule has 0 aliphatic carbocycles. The molecule has 0 atom stereocenters. The summed E-state index contributed by atoms with van der Waals surface area (Å²) in [5, 5.41) is 2.48. The summed E-state index contributed by atoms with van der Waals surface area (Å²) in [6.07, 6.45) is 0. The minimum Gasteiger partial charge on any atom is -0.355 e. The number of halogens is 1. The lowest BCUT2D eigenvalue weighted by Crippen LogP contribution is -2.33. The second-order valence-electron chi connectivity index (χ2n) is 3.96. The highest BCUT2D eigenvalue weighted by Crippen LogP contribution is 2.11. The van der Waals surface area contributed by atoms with Crippen molar-refractivity contribution in [1.29, 1.82) is 0 Å². The average molecular weight is 319 g/mol. The number of hydrogen-bond acceptors (Lipinski definition) is 4. The molecular weight excluding hydrogens is 304 g/mol. The summed E-state index contributed by atoms with van der Waals surface area (Å²) in [5.74, 6) is -0.650. The molecule has 0 heterocycles. The van der Waals surface area contributed by atoms with Gasteiger partial charge in [-0.05, 0) is 12.1 Å². The lowest BCUT2D eigenvalue weighted by atomic mass is 10.1. The van der Waals surface area contributed by atoms with Crippen LogP contribution in [0.3, 0.4) is 0 Å². The van der Waals surface area contributed by atoms with E-state index in [0.717, 1.165) is 0 Å². The van der Waals surface area contributed by atoms with Gasteiger partial charge in [0.1, 0.15) is 0 Å². The van der Waals surface area contributed by atoms with Crippen molar-refractivity contribution in [2.24, 2.45) is 0 Å². The number of sulfonamides is 1. The van der Waals surface area contributed by atoms with E-state index in [1.807, 2.05) is 0 Å². The summed E-state index contributed by atoms with van der Waals surface area (Å²) >= 11 is 5.41. The van der Waals surface area contributed by atoms with Crippen LogP contribution in [0, 0.1) is 0 Å². The van der Waals surface area contributed by atoms with Gasteiger partial charge in [-0.2, -0.15) is 0 Å². The SMILES string of the molecule is CC(=O)NCCNS(=O)(=O)c1ccc(C(=O)CCl)cc1. The molecule has 0 saturated carbocycles. The molecule has 6 nitrogen and oxygen atoms in total. The number of benzene rings is 1. The maximum Gasteiger partial charge on any atom is 0.240 e. The lowest BCUT2D eigenvalue weighted by molar-refractivity contribution is -0.118. The summed E-state index contributed by atoms with van der Waals surface area (Å²) in [7, 11) is -3.65. The predicted octanol–water partition coefficient (Wildman–Crippen LogP) is 0.522. The molecule has 8 heteroatoms. The van der Waals surface area contributed by atoms with E-state index in [1.165, 1.54) is 31.2 Å². The van der Waals surface area contributed by atoms with Crippen LogP contribution in [-0.4, -0.2) is 39.1 Å². The molecule has 20 heavy (non-hydrogen) atoms. The maximum atomic E-state index is 11.9. The number of Topliss-reactive ketones (excluding diaryl/α,β-unsaturated/α-hetero) is 1.